The molecular formula is C19H29ClIN5O. The minimum absolute atomic E-state index is 0. The van der Waals surface area contributed by atoms with Crippen LogP contribution in [-0.4, -0.2) is 80.3 Å². The highest BCUT2D eigenvalue weighted by Crippen LogP contribution is 2.28. The van der Waals surface area contributed by atoms with E-state index in [4.69, 9.17) is 22.1 Å². The smallest absolute Gasteiger partial charge is 0.191 e. The Hall–Kier alpha value is -0.770. The molecule has 6 nitrogen and oxygen atoms in total. The van der Waals surface area contributed by atoms with Crippen molar-refractivity contribution in [3.8, 4) is 0 Å². The molecule has 1 aliphatic carbocycles. The highest BCUT2D eigenvalue weighted by molar-refractivity contribution is 14.0. The Bertz CT molecular complexity index is 631. The standard InChI is InChI=1S/C19H28ClN5O.HI/c20-15-1-3-16(4-2-15)23-7-9-24(10-8-23)19(21)22-13-18-14-25(11-12-26-18)17-5-6-17;/h1-4,17-18H,5-14H2,(H2,21,22);1H. The van der Waals surface area contributed by atoms with Gasteiger partial charge in [-0.25, -0.2) is 0 Å². The molecule has 0 radical (unpaired) electrons. The normalized spacial score (nSPS) is 24.6. The van der Waals surface area contributed by atoms with Crippen molar-refractivity contribution in [2.45, 2.75) is 25.0 Å². The summed E-state index contributed by atoms with van der Waals surface area (Å²) in [5.74, 6) is 0.646. The maximum atomic E-state index is 6.25. The molecule has 3 aliphatic rings. The van der Waals surface area contributed by atoms with Crippen LogP contribution in [-0.2, 0) is 4.74 Å². The van der Waals surface area contributed by atoms with Crippen LogP contribution in [0.4, 0.5) is 5.69 Å². The van der Waals surface area contributed by atoms with Gasteiger partial charge in [0.05, 0.1) is 19.3 Å². The molecule has 1 saturated carbocycles. The molecule has 27 heavy (non-hydrogen) atoms. The molecule has 0 amide bonds. The lowest BCUT2D eigenvalue weighted by molar-refractivity contribution is -0.0260. The van der Waals surface area contributed by atoms with Crippen LogP contribution in [0.25, 0.3) is 0 Å². The Kier molecular flexibility index (Phi) is 7.47. The third-order valence-corrected chi connectivity index (χ3v) is 5.74. The van der Waals surface area contributed by atoms with Crippen molar-refractivity contribution in [2.75, 3.05) is 57.3 Å². The Morgan fingerprint density at radius 3 is 2.48 bits per heavy atom. The quantitative estimate of drug-likeness (QED) is 0.386. The summed E-state index contributed by atoms with van der Waals surface area (Å²) in [4.78, 5) is 11.7. The second-order valence-electron chi connectivity index (χ2n) is 7.37. The van der Waals surface area contributed by atoms with E-state index in [9.17, 15) is 0 Å². The minimum atomic E-state index is 0. The fourth-order valence-electron chi connectivity index (χ4n) is 3.76. The lowest BCUT2D eigenvalue weighted by atomic mass is 10.2. The molecule has 2 N–H and O–H groups in total. The molecule has 1 aromatic rings. The number of aliphatic imine (C=N–C) groups is 1. The number of hydrogen-bond acceptors (Lipinski definition) is 4. The molecule has 0 aromatic heterocycles. The Labute approximate surface area is 183 Å². The lowest BCUT2D eigenvalue weighted by Crippen LogP contribution is -2.51. The predicted molar refractivity (Wildman–Crippen MR) is 121 cm³/mol. The summed E-state index contributed by atoms with van der Waals surface area (Å²) in [6.07, 6.45) is 2.87. The molecule has 1 unspecified atom stereocenters. The molecule has 8 heteroatoms. The Morgan fingerprint density at radius 2 is 1.81 bits per heavy atom. The molecular weight excluding hydrogens is 477 g/mol. The summed E-state index contributed by atoms with van der Waals surface area (Å²) in [6, 6.07) is 8.81. The van der Waals surface area contributed by atoms with Crippen molar-refractivity contribution in [3.63, 3.8) is 0 Å². The third-order valence-electron chi connectivity index (χ3n) is 5.49. The van der Waals surface area contributed by atoms with Gasteiger partial charge in [0.25, 0.3) is 0 Å². The van der Waals surface area contributed by atoms with Crippen molar-refractivity contribution in [1.82, 2.24) is 9.80 Å². The number of guanidine groups is 1. The number of anilines is 1. The molecule has 2 heterocycles. The molecule has 0 bridgehead atoms. The van der Waals surface area contributed by atoms with Gasteiger partial charge < -0.3 is 20.3 Å². The minimum Gasteiger partial charge on any atom is -0.374 e. The first-order valence-electron chi connectivity index (χ1n) is 9.60. The van der Waals surface area contributed by atoms with Gasteiger partial charge in [0.1, 0.15) is 0 Å². The summed E-state index contributed by atoms with van der Waals surface area (Å²) in [6.45, 7) is 7.18. The highest BCUT2D eigenvalue weighted by Gasteiger charge is 2.32. The third kappa shape index (κ3) is 5.62. The van der Waals surface area contributed by atoms with E-state index in [1.54, 1.807) is 0 Å². The van der Waals surface area contributed by atoms with Crippen LogP contribution >= 0.6 is 35.6 Å². The van der Waals surface area contributed by atoms with E-state index < -0.39 is 0 Å². The maximum Gasteiger partial charge on any atom is 0.191 e. The number of ether oxygens (including phenoxy) is 1. The van der Waals surface area contributed by atoms with Gasteiger partial charge in [0, 0.05) is 56.0 Å². The summed E-state index contributed by atoms with van der Waals surface area (Å²) in [5.41, 5.74) is 7.46. The van der Waals surface area contributed by atoms with E-state index in [2.05, 4.69) is 31.8 Å². The highest BCUT2D eigenvalue weighted by atomic mass is 127. The Morgan fingerprint density at radius 1 is 1.11 bits per heavy atom. The topological polar surface area (TPSA) is 57.3 Å². The zero-order valence-electron chi connectivity index (χ0n) is 15.6. The van der Waals surface area contributed by atoms with E-state index in [1.807, 2.05) is 12.1 Å². The number of hydrogen-bond donors (Lipinski definition) is 1. The van der Waals surface area contributed by atoms with E-state index in [0.29, 0.717) is 12.5 Å². The monoisotopic (exact) mass is 505 g/mol. The first kappa shape index (κ1) is 21.0. The average molecular weight is 506 g/mol. The van der Waals surface area contributed by atoms with E-state index in [1.165, 1.54) is 18.5 Å². The van der Waals surface area contributed by atoms with E-state index in [-0.39, 0.29) is 30.1 Å². The summed E-state index contributed by atoms with van der Waals surface area (Å²) in [5, 5.41) is 0.772. The van der Waals surface area contributed by atoms with Crippen molar-refractivity contribution in [2.24, 2.45) is 10.7 Å². The van der Waals surface area contributed by atoms with Gasteiger partial charge in [0.2, 0.25) is 0 Å². The van der Waals surface area contributed by atoms with Crippen molar-refractivity contribution in [3.05, 3.63) is 29.3 Å². The van der Waals surface area contributed by atoms with Crippen LogP contribution in [0.3, 0.4) is 0 Å². The lowest BCUT2D eigenvalue weighted by Gasteiger charge is -2.37. The van der Waals surface area contributed by atoms with Crippen LogP contribution in [0.5, 0.6) is 0 Å². The number of nitrogens with zero attached hydrogens (tertiary/aromatic N) is 4. The van der Waals surface area contributed by atoms with E-state index >= 15 is 0 Å². The molecule has 1 atom stereocenters. The molecule has 3 fully saturated rings. The van der Waals surface area contributed by atoms with Crippen molar-refractivity contribution < 1.29 is 4.74 Å². The van der Waals surface area contributed by atoms with Gasteiger partial charge in [-0.2, -0.15) is 0 Å². The van der Waals surface area contributed by atoms with Gasteiger partial charge in [-0.15, -0.1) is 24.0 Å². The van der Waals surface area contributed by atoms with E-state index in [0.717, 1.165) is 56.9 Å². The molecule has 4 rings (SSSR count). The van der Waals surface area contributed by atoms with Gasteiger partial charge in [0.15, 0.2) is 5.96 Å². The number of nitrogens with two attached hydrogens (primary N) is 1. The first-order valence-corrected chi connectivity index (χ1v) is 9.98. The second-order valence-corrected chi connectivity index (χ2v) is 7.80. The summed E-state index contributed by atoms with van der Waals surface area (Å²) < 4.78 is 5.87. The van der Waals surface area contributed by atoms with Crippen molar-refractivity contribution >= 4 is 47.2 Å². The molecule has 1 aromatic carbocycles. The average Bonchev–Trinajstić information content (AvgIpc) is 3.52. The molecule has 2 aliphatic heterocycles. The number of rotatable bonds is 4. The van der Waals surface area contributed by atoms with Crippen LogP contribution in [0, 0.1) is 0 Å². The number of morpholine rings is 1. The Balaban J connectivity index is 0.00000210. The fourth-order valence-corrected chi connectivity index (χ4v) is 3.89. The SMILES string of the molecule is I.NC(=NCC1CN(C2CC2)CCO1)N1CCN(c2ccc(Cl)cc2)CC1. The largest absolute Gasteiger partial charge is 0.374 e. The van der Waals surface area contributed by atoms with Crippen LogP contribution < -0.4 is 10.6 Å². The fraction of sp³-hybridized carbons (Fsp3) is 0.632. The van der Waals surface area contributed by atoms with Crippen LogP contribution in [0.15, 0.2) is 29.3 Å². The van der Waals surface area contributed by atoms with Crippen molar-refractivity contribution in [1.29, 1.82) is 0 Å². The number of halogens is 2. The van der Waals surface area contributed by atoms with Crippen LogP contribution in [0.1, 0.15) is 12.8 Å². The van der Waals surface area contributed by atoms with Crippen LogP contribution in [0.2, 0.25) is 5.02 Å². The summed E-state index contributed by atoms with van der Waals surface area (Å²) in [7, 11) is 0. The maximum absolute atomic E-state index is 6.25. The van der Waals surface area contributed by atoms with Gasteiger partial charge >= 0.3 is 0 Å². The molecule has 150 valence electrons. The second kappa shape index (κ2) is 9.62. The van der Waals surface area contributed by atoms with Gasteiger partial charge in [-0.05, 0) is 37.1 Å². The number of benzene rings is 1. The predicted octanol–water partition coefficient (Wildman–Crippen LogP) is 2.26. The first-order chi connectivity index (χ1) is 12.7. The zero-order chi connectivity index (χ0) is 17.9. The number of piperazine rings is 1. The molecule has 0 spiro atoms. The zero-order valence-corrected chi connectivity index (χ0v) is 18.7. The summed E-state index contributed by atoms with van der Waals surface area (Å²) >= 11 is 5.97. The van der Waals surface area contributed by atoms with Gasteiger partial charge in [-0.1, -0.05) is 11.6 Å². The molecule has 2 saturated heterocycles. The van der Waals surface area contributed by atoms with Gasteiger partial charge in [-0.3, -0.25) is 9.89 Å².